The number of rotatable bonds is 6. The summed E-state index contributed by atoms with van der Waals surface area (Å²) in [5.74, 6) is 7.70. The largest absolute Gasteiger partial charge is 0.486 e. The molecule has 4 heterocycles. The van der Waals surface area contributed by atoms with Gasteiger partial charge in [-0.3, -0.25) is 10.3 Å². The maximum absolute atomic E-state index is 11.8. The molecule has 1 saturated heterocycles. The van der Waals surface area contributed by atoms with Gasteiger partial charge in [-0.05, 0) is 36.4 Å². The summed E-state index contributed by atoms with van der Waals surface area (Å²) in [6, 6.07) is 13.1. The number of nitrogens with one attached hydrogen (secondary N) is 2. The number of hydrogen-bond donors (Lipinski definition) is 2. The summed E-state index contributed by atoms with van der Waals surface area (Å²) in [4.78, 5) is 27.1. The molecular formula is C27H25ClN6O3S. The van der Waals surface area contributed by atoms with Crippen LogP contribution in [0.25, 0.3) is 10.2 Å². The molecule has 0 saturated carbocycles. The number of carbonyl (C=O) groups is 1. The predicted octanol–water partition coefficient (Wildman–Crippen LogP) is 4.84. The highest BCUT2D eigenvalue weighted by Gasteiger charge is 2.26. The summed E-state index contributed by atoms with van der Waals surface area (Å²) in [6.45, 7) is 0.914. The molecule has 1 amide bonds. The van der Waals surface area contributed by atoms with Gasteiger partial charge in [-0.1, -0.05) is 29.5 Å². The van der Waals surface area contributed by atoms with Crippen LogP contribution in [-0.2, 0) is 11.3 Å². The van der Waals surface area contributed by atoms with Crippen molar-refractivity contribution < 1.29 is 14.3 Å². The van der Waals surface area contributed by atoms with Crippen LogP contribution in [0.4, 0.5) is 16.3 Å². The number of anilines is 2. The van der Waals surface area contributed by atoms with Gasteiger partial charge in [0.1, 0.15) is 24.8 Å². The molecule has 2 N–H and O–H groups in total. The Hall–Kier alpha value is -3.91. The van der Waals surface area contributed by atoms with E-state index in [0.29, 0.717) is 36.2 Å². The van der Waals surface area contributed by atoms with Gasteiger partial charge in [0.05, 0.1) is 31.9 Å². The molecule has 3 aromatic heterocycles. The van der Waals surface area contributed by atoms with Crippen LogP contribution in [0.1, 0.15) is 17.0 Å². The minimum atomic E-state index is -0.346. The third-order valence-corrected chi connectivity index (χ3v) is 7.04. The van der Waals surface area contributed by atoms with Gasteiger partial charge in [0.25, 0.3) is 0 Å². The lowest BCUT2D eigenvalue weighted by molar-refractivity contribution is 0.0826. The number of carbonyl (C=O) groups excluding carboxylic acids is 1. The molecule has 38 heavy (non-hydrogen) atoms. The molecule has 1 aliphatic rings. The Balaban J connectivity index is 1.24. The van der Waals surface area contributed by atoms with Crippen molar-refractivity contribution in [3.8, 4) is 17.6 Å². The maximum Gasteiger partial charge on any atom is 0.409 e. The summed E-state index contributed by atoms with van der Waals surface area (Å²) in [5, 5.41) is 7.10. The van der Waals surface area contributed by atoms with Crippen LogP contribution in [0.5, 0.6) is 5.75 Å². The zero-order valence-corrected chi connectivity index (χ0v) is 22.3. The van der Waals surface area contributed by atoms with Crippen molar-refractivity contribution in [2.24, 2.45) is 0 Å². The standard InChI is InChI=1S/C27H25ClN6O3S/c1-34(2)27(35)37-20-11-17(30-14-20)6-8-21-13-23-25(38-21)26(32-16-31-23)33-18-7-9-24(22(28)12-18)36-15-19-5-3-4-10-29-19/h3-5,7,9-10,12-13,16-17,20,30H,11,14-15H2,1-2H3,(H,31,32,33)/t17-,20+/m1/s1. The minimum absolute atomic E-state index is 0.0515. The van der Waals surface area contributed by atoms with Crippen LogP contribution < -0.4 is 15.4 Å². The van der Waals surface area contributed by atoms with E-state index in [-0.39, 0.29) is 18.2 Å². The van der Waals surface area contributed by atoms with Crippen molar-refractivity contribution >= 4 is 50.8 Å². The van der Waals surface area contributed by atoms with E-state index in [0.717, 1.165) is 26.5 Å². The SMILES string of the molecule is CN(C)C(=O)O[C@@H]1CN[C@H](C#Cc2cc3ncnc(Nc4ccc(OCc5ccccn5)c(Cl)c4)c3s2)C1. The van der Waals surface area contributed by atoms with Crippen LogP contribution in [0.2, 0.25) is 5.02 Å². The highest BCUT2D eigenvalue weighted by molar-refractivity contribution is 7.20. The lowest BCUT2D eigenvalue weighted by atomic mass is 10.2. The molecule has 9 nitrogen and oxygen atoms in total. The first kappa shape index (κ1) is 25.7. The molecule has 0 unspecified atom stereocenters. The molecular weight excluding hydrogens is 524 g/mol. The highest BCUT2D eigenvalue weighted by atomic mass is 35.5. The number of ether oxygens (including phenoxy) is 2. The highest BCUT2D eigenvalue weighted by Crippen LogP contribution is 2.33. The summed E-state index contributed by atoms with van der Waals surface area (Å²) in [5.41, 5.74) is 2.40. The first-order valence-electron chi connectivity index (χ1n) is 11.9. The first-order valence-corrected chi connectivity index (χ1v) is 13.1. The minimum Gasteiger partial charge on any atom is -0.486 e. The fraction of sp³-hybridized carbons (Fsp3) is 0.259. The van der Waals surface area contributed by atoms with Crippen molar-refractivity contribution in [3.05, 3.63) is 70.6 Å². The summed E-state index contributed by atoms with van der Waals surface area (Å²) < 4.78 is 12.1. The summed E-state index contributed by atoms with van der Waals surface area (Å²) in [6.07, 6.45) is 3.35. The molecule has 2 atom stereocenters. The predicted molar refractivity (Wildman–Crippen MR) is 148 cm³/mol. The molecule has 11 heteroatoms. The molecule has 1 aromatic carbocycles. The van der Waals surface area contributed by atoms with E-state index in [4.69, 9.17) is 21.1 Å². The quantitative estimate of drug-likeness (QED) is 0.330. The number of benzene rings is 1. The van der Waals surface area contributed by atoms with Gasteiger partial charge in [-0.2, -0.15) is 0 Å². The molecule has 194 valence electrons. The third-order valence-electron chi connectivity index (χ3n) is 5.70. The topological polar surface area (TPSA) is 102 Å². The second kappa shape index (κ2) is 11.6. The van der Waals surface area contributed by atoms with Crippen LogP contribution >= 0.6 is 22.9 Å². The molecule has 0 bridgehead atoms. The molecule has 0 spiro atoms. The van der Waals surface area contributed by atoms with E-state index in [9.17, 15) is 4.79 Å². The van der Waals surface area contributed by atoms with Gasteiger partial charge in [-0.25, -0.2) is 14.8 Å². The first-order chi connectivity index (χ1) is 18.4. The van der Waals surface area contributed by atoms with Crippen molar-refractivity contribution in [2.45, 2.75) is 25.2 Å². The molecule has 1 fully saturated rings. The number of amides is 1. The number of thiophene rings is 1. The van der Waals surface area contributed by atoms with Gasteiger partial charge < -0.3 is 19.7 Å². The van der Waals surface area contributed by atoms with Crippen LogP contribution in [-0.4, -0.2) is 58.7 Å². The number of fused-ring (bicyclic) bond motifs is 1. The summed E-state index contributed by atoms with van der Waals surface area (Å²) >= 11 is 7.98. The second-order valence-corrected chi connectivity index (χ2v) is 10.3. The van der Waals surface area contributed by atoms with Gasteiger partial charge in [0.15, 0.2) is 5.82 Å². The smallest absolute Gasteiger partial charge is 0.409 e. The maximum atomic E-state index is 11.8. The van der Waals surface area contributed by atoms with Crippen molar-refractivity contribution in [1.29, 1.82) is 0 Å². The normalized spacial score (nSPS) is 16.5. The van der Waals surface area contributed by atoms with Crippen LogP contribution in [0.15, 0.2) is 55.0 Å². The molecule has 5 rings (SSSR count). The molecule has 0 radical (unpaired) electrons. The fourth-order valence-electron chi connectivity index (χ4n) is 3.78. The Morgan fingerprint density at radius 2 is 2.13 bits per heavy atom. The number of pyridine rings is 1. The number of aromatic nitrogens is 3. The van der Waals surface area contributed by atoms with Crippen molar-refractivity contribution in [2.75, 3.05) is 26.0 Å². The number of halogens is 1. The average Bonchev–Trinajstić information content (AvgIpc) is 3.54. The van der Waals surface area contributed by atoms with Gasteiger partial charge in [0, 0.05) is 38.9 Å². The molecule has 0 aliphatic carbocycles. The lowest BCUT2D eigenvalue weighted by Gasteiger charge is -2.15. The van der Waals surface area contributed by atoms with Crippen LogP contribution in [0, 0.1) is 11.8 Å². The molecule has 1 aliphatic heterocycles. The van der Waals surface area contributed by atoms with E-state index in [2.05, 4.69) is 37.4 Å². The Bertz CT molecular complexity index is 1500. The summed E-state index contributed by atoms with van der Waals surface area (Å²) in [7, 11) is 3.33. The second-order valence-electron chi connectivity index (χ2n) is 8.79. The zero-order valence-electron chi connectivity index (χ0n) is 20.8. The Morgan fingerprint density at radius 3 is 2.92 bits per heavy atom. The average molecular weight is 549 g/mol. The number of nitrogens with zero attached hydrogens (tertiary/aromatic N) is 4. The Kier molecular flexibility index (Phi) is 7.89. The van der Waals surface area contributed by atoms with Crippen molar-refractivity contribution in [1.82, 2.24) is 25.2 Å². The van der Waals surface area contributed by atoms with Crippen molar-refractivity contribution in [3.63, 3.8) is 0 Å². The Morgan fingerprint density at radius 1 is 1.24 bits per heavy atom. The van der Waals surface area contributed by atoms with Crippen LogP contribution in [0.3, 0.4) is 0 Å². The van der Waals surface area contributed by atoms with E-state index < -0.39 is 0 Å². The number of hydrogen-bond acceptors (Lipinski definition) is 9. The zero-order chi connectivity index (χ0) is 26.5. The molecule has 4 aromatic rings. The van der Waals surface area contributed by atoms with E-state index in [1.807, 2.05) is 36.4 Å². The Labute approximate surface area is 229 Å². The van der Waals surface area contributed by atoms with E-state index in [1.54, 1.807) is 26.4 Å². The lowest BCUT2D eigenvalue weighted by Crippen LogP contribution is -2.29. The third kappa shape index (κ3) is 6.31. The fourth-order valence-corrected chi connectivity index (χ4v) is 4.93. The van der Waals surface area contributed by atoms with Gasteiger partial charge >= 0.3 is 6.09 Å². The monoisotopic (exact) mass is 548 g/mol. The van der Waals surface area contributed by atoms with E-state index in [1.165, 1.54) is 22.6 Å². The van der Waals surface area contributed by atoms with E-state index >= 15 is 0 Å². The van der Waals surface area contributed by atoms with Gasteiger partial charge in [0.2, 0.25) is 0 Å². The van der Waals surface area contributed by atoms with Gasteiger partial charge in [-0.15, -0.1) is 11.3 Å².